The molecule has 34 heavy (non-hydrogen) atoms. The smallest absolute Gasteiger partial charge is 0.254 e. The van der Waals surface area contributed by atoms with Crippen LogP contribution in [0.25, 0.3) is 0 Å². The van der Waals surface area contributed by atoms with E-state index in [0.717, 1.165) is 36.9 Å². The lowest BCUT2D eigenvalue weighted by atomic mass is 9.84. The summed E-state index contributed by atoms with van der Waals surface area (Å²) in [5.74, 6) is -0.214. The highest BCUT2D eigenvalue weighted by Gasteiger charge is 2.47. The molecule has 0 bridgehead atoms. The zero-order valence-electron chi connectivity index (χ0n) is 19.2. The molecule has 3 aliphatic rings. The number of carbonyl (C=O) groups excluding carboxylic acids is 2. The van der Waals surface area contributed by atoms with Gasteiger partial charge in [-0.15, -0.1) is 0 Å². The Balaban J connectivity index is 1.26. The van der Waals surface area contributed by atoms with E-state index in [1.807, 2.05) is 42.5 Å². The highest BCUT2D eigenvalue weighted by atomic mass is 32.2. The molecule has 7 nitrogen and oxygen atoms in total. The van der Waals surface area contributed by atoms with Gasteiger partial charge in [0.15, 0.2) is 0 Å². The molecule has 1 aliphatic carbocycles. The summed E-state index contributed by atoms with van der Waals surface area (Å²) >= 11 is 0. The van der Waals surface area contributed by atoms with E-state index in [-0.39, 0.29) is 30.2 Å². The zero-order chi connectivity index (χ0) is 23.7. The number of hydrogen-bond donors (Lipinski definition) is 1. The molecule has 0 spiro atoms. The molecule has 3 atom stereocenters. The van der Waals surface area contributed by atoms with Crippen molar-refractivity contribution in [2.24, 2.45) is 5.92 Å². The molecule has 180 valence electrons. The Bertz CT molecular complexity index is 1170. The standard InChI is InChI=1S/C26H31N3O4S/c30-25(27-15-17-34(32,33)28-16-14-19-8-4-6-12-22(19)28)24-18-21-11-5-7-13-23(21)29(24)26(31)20-9-2-1-3-10-20/h1-4,6,8-10,12,21,23-24H,5,7,11,13-18H2,(H,27,30). The summed E-state index contributed by atoms with van der Waals surface area (Å²) in [7, 11) is -3.55. The van der Waals surface area contributed by atoms with Crippen molar-refractivity contribution in [3.05, 3.63) is 65.7 Å². The number of nitrogens with one attached hydrogen (secondary N) is 1. The highest BCUT2D eigenvalue weighted by Crippen LogP contribution is 2.40. The Morgan fingerprint density at radius 3 is 2.53 bits per heavy atom. The van der Waals surface area contributed by atoms with Gasteiger partial charge >= 0.3 is 0 Å². The third-order valence-corrected chi connectivity index (χ3v) is 9.26. The summed E-state index contributed by atoms with van der Waals surface area (Å²) in [5.41, 5.74) is 2.34. The van der Waals surface area contributed by atoms with E-state index in [1.165, 1.54) is 4.31 Å². The molecule has 2 aliphatic heterocycles. The number of fused-ring (bicyclic) bond motifs is 2. The second-order valence-corrected chi connectivity index (χ2v) is 11.5. The molecule has 2 aromatic carbocycles. The van der Waals surface area contributed by atoms with Crippen LogP contribution in [-0.4, -0.2) is 56.1 Å². The van der Waals surface area contributed by atoms with Gasteiger partial charge in [0.05, 0.1) is 11.4 Å². The van der Waals surface area contributed by atoms with Crippen molar-refractivity contribution in [3.8, 4) is 0 Å². The van der Waals surface area contributed by atoms with Crippen molar-refractivity contribution in [2.45, 2.75) is 50.6 Å². The molecule has 3 unspecified atom stereocenters. The topological polar surface area (TPSA) is 86.8 Å². The lowest BCUT2D eigenvalue weighted by Crippen LogP contribution is -2.50. The van der Waals surface area contributed by atoms with Gasteiger partial charge in [-0.3, -0.25) is 13.9 Å². The minimum Gasteiger partial charge on any atom is -0.353 e. The van der Waals surface area contributed by atoms with Gasteiger partial charge in [0.2, 0.25) is 15.9 Å². The lowest BCUT2D eigenvalue weighted by molar-refractivity contribution is -0.125. The first-order chi connectivity index (χ1) is 16.5. The Hall–Kier alpha value is -2.87. The molecule has 2 aromatic rings. The Labute approximate surface area is 201 Å². The third-order valence-electron chi connectivity index (χ3n) is 7.49. The molecule has 2 fully saturated rings. The predicted molar refractivity (Wildman–Crippen MR) is 131 cm³/mol. The fraction of sp³-hybridized carbons (Fsp3) is 0.462. The summed E-state index contributed by atoms with van der Waals surface area (Å²) in [6, 6.07) is 16.1. The van der Waals surface area contributed by atoms with Gasteiger partial charge in [-0.25, -0.2) is 8.42 Å². The van der Waals surface area contributed by atoms with Gasteiger partial charge in [0.1, 0.15) is 6.04 Å². The first-order valence-electron chi connectivity index (χ1n) is 12.2. The first kappa shape index (κ1) is 22.9. The third kappa shape index (κ3) is 4.31. The predicted octanol–water partition coefficient (Wildman–Crippen LogP) is 2.97. The summed E-state index contributed by atoms with van der Waals surface area (Å²) in [6.07, 6.45) is 5.46. The minimum atomic E-state index is -3.55. The Morgan fingerprint density at radius 2 is 1.71 bits per heavy atom. The quantitative estimate of drug-likeness (QED) is 0.687. The second kappa shape index (κ2) is 9.41. The van der Waals surface area contributed by atoms with E-state index in [4.69, 9.17) is 0 Å². The van der Waals surface area contributed by atoms with Crippen LogP contribution in [0.1, 0.15) is 48.0 Å². The molecule has 0 radical (unpaired) electrons. The van der Waals surface area contributed by atoms with Crippen molar-refractivity contribution >= 4 is 27.5 Å². The maximum absolute atomic E-state index is 13.4. The summed E-state index contributed by atoms with van der Waals surface area (Å²) in [6.45, 7) is 0.458. The molecule has 1 saturated heterocycles. The molecular weight excluding hydrogens is 450 g/mol. The molecule has 0 aromatic heterocycles. The van der Waals surface area contributed by atoms with E-state index in [1.54, 1.807) is 17.0 Å². The monoisotopic (exact) mass is 481 g/mol. The van der Waals surface area contributed by atoms with Crippen molar-refractivity contribution in [1.82, 2.24) is 10.2 Å². The van der Waals surface area contributed by atoms with E-state index < -0.39 is 16.1 Å². The number of benzene rings is 2. The highest BCUT2D eigenvalue weighted by molar-refractivity contribution is 7.92. The van der Waals surface area contributed by atoms with Crippen LogP contribution in [0.3, 0.4) is 0 Å². The number of para-hydroxylation sites is 1. The van der Waals surface area contributed by atoms with Gasteiger partial charge in [-0.05, 0) is 55.4 Å². The van der Waals surface area contributed by atoms with Crippen molar-refractivity contribution in [3.63, 3.8) is 0 Å². The first-order valence-corrected chi connectivity index (χ1v) is 13.8. The normalized spacial score (nSPS) is 23.9. The number of carbonyl (C=O) groups is 2. The zero-order valence-corrected chi connectivity index (χ0v) is 20.0. The number of likely N-dealkylation sites (tertiary alicyclic amines) is 1. The number of rotatable bonds is 6. The number of hydrogen-bond acceptors (Lipinski definition) is 4. The van der Waals surface area contributed by atoms with Crippen LogP contribution in [0.15, 0.2) is 54.6 Å². The fourth-order valence-electron chi connectivity index (χ4n) is 5.84. The summed E-state index contributed by atoms with van der Waals surface area (Å²) in [4.78, 5) is 28.4. The fourth-order valence-corrected chi connectivity index (χ4v) is 7.27. The second-order valence-electron chi connectivity index (χ2n) is 9.50. The van der Waals surface area contributed by atoms with Crippen molar-refractivity contribution in [1.29, 1.82) is 0 Å². The van der Waals surface area contributed by atoms with Gasteiger partial charge < -0.3 is 10.2 Å². The maximum Gasteiger partial charge on any atom is 0.254 e. The van der Waals surface area contributed by atoms with Crippen molar-refractivity contribution in [2.75, 3.05) is 23.1 Å². The van der Waals surface area contributed by atoms with Crippen LogP contribution in [0.2, 0.25) is 0 Å². The molecule has 8 heteroatoms. The Kier molecular flexibility index (Phi) is 6.34. The summed E-state index contributed by atoms with van der Waals surface area (Å²) in [5, 5.41) is 2.84. The van der Waals surface area contributed by atoms with Crippen LogP contribution in [0, 0.1) is 5.92 Å². The average molecular weight is 482 g/mol. The van der Waals surface area contributed by atoms with Gasteiger partial charge in [0.25, 0.3) is 5.91 Å². The van der Waals surface area contributed by atoms with Gasteiger partial charge in [-0.1, -0.05) is 49.2 Å². The molecule has 2 heterocycles. The van der Waals surface area contributed by atoms with Crippen LogP contribution in [0.4, 0.5) is 5.69 Å². The van der Waals surface area contributed by atoms with E-state index in [0.29, 0.717) is 30.9 Å². The van der Waals surface area contributed by atoms with E-state index in [2.05, 4.69) is 5.32 Å². The molecule has 2 amide bonds. The Morgan fingerprint density at radius 1 is 0.971 bits per heavy atom. The number of anilines is 1. The van der Waals surface area contributed by atoms with Crippen LogP contribution < -0.4 is 9.62 Å². The van der Waals surface area contributed by atoms with Crippen LogP contribution in [-0.2, 0) is 21.2 Å². The molecule has 1 saturated carbocycles. The maximum atomic E-state index is 13.4. The molecular formula is C26H31N3O4S. The van der Waals surface area contributed by atoms with E-state index in [9.17, 15) is 18.0 Å². The van der Waals surface area contributed by atoms with Gasteiger partial charge in [0, 0.05) is 24.7 Å². The van der Waals surface area contributed by atoms with Crippen LogP contribution in [0.5, 0.6) is 0 Å². The van der Waals surface area contributed by atoms with Crippen molar-refractivity contribution < 1.29 is 18.0 Å². The number of amides is 2. The largest absolute Gasteiger partial charge is 0.353 e. The van der Waals surface area contributed by atoms with Gasteiger partial charge in [-0.2, -0.15) is 0 Å². The number of nitrogens with zero attached hydrogens (tertiary/aromatic N) is 2. The van der Waals surface area contributed by atoms with Crippen LogP contribution >= 0.6 is 0 Å². The molecule has 1 N–H and O–H groups in total. The lowest BCUT2D eigenvalue weighted by Gasteiger charge is -2.33. The molecule has 5 rings (SSSR count). The minimum absolute atomic E-state index is 0.0268. The van der Waals surface area contributed by atoms with E-state index >= 15 is 0 Å². The average Bonchev–Trinajstić information content (AvgIpc) is 3.46. The summed E-state index contributed by atoms with van der Waals surface area (Å²) < 4.78 is 27.4. The SMILES string of the molecule is O=C(NCCS(=O)(=O)N1CCc2ccccc21)C1CC2CCCCC2N1C(=O)c1ccccc1. The number of sulfonamides is 1.